The summed E-state index contributed by atoms with van der Waals surface area (Å²) in [6, 6.07) is 13.7. The molecule has 2 amide bonds. The lowest BCUT2D eigenvalue weighted by atomic mass is 10.1. The molecule has 0 saturated heterocycles. The summed E-state index contributed by atoms with van der Waals surface area (Å²) in [4.78, 5) is 27.3. The van der Waals surface area contributed by atoms with Crippen LogP contribution in [0.5, 0.6) is 0 Å². The minimum absolute atomic E-state index is 0.111. The lowest BCUT2D eigenvalue weighted by molar-refractivity contribution is -0.137. The molecule has 0 radical (unpaired) electrons. The van der Waals surface area contributed by atoms with Crippen LogP contribution in [0.3, 0.4) is 0 Å². The summed E-state index contributed by atoms with van der Waals surface area (Å²) in [6.45, 7) is 1.28. The fraction of sp³-hybridized carbons (Fsp3) is 0.160. The number of rotatable bonds is 7. The van der Waals surface area contributed by atoms with Crippen molar-refractivity contribution in [3.05, 3.63) is 96.2 Å². The van der Waals surface area contributed by atoms with E-state index in [0.29, 0.717) is 11.5 Å². The van der Waals surface area contributed by atoms with E-state index in [-0.39, 0.29) is 12.1 Å². The fourth-order valence-corrected chi connectivity index (χ4v) is 3.69. The zero-order valence-electron chi connectivity index (χ0n) is 19.0. The number of aromatic nitrogens is 3. The van der Waals surface area contributed by atoms with Crippen LogP contribution < -0.4 is 5.32 Å². The van der Waals surface area contributed by atoms with Crippen LogP contribution in [0.15, 0.2) is 79.3 Å². The largest absolute Gasteiger partial charge is 0.418 e. The molecule has 0 aliphatic carbocycles. The number of alkyl halides is 3. The summed E-state index contributed by atoms with van der Waals surface area (Å²) >= 11 is 0. The molecule has 1 N–H and O–H groups in total. The highest BCUT2D eigenvalue weighted by Gasteiger charge is 2.34. The van der Waals surface area contributed by atoms with E-state index in [1.54, 1.807) is 36.0 Å². The van der Waals surface area contributed by atoms with E-state index in [9.17, 15) is 27.2 Å². The van der Waals surface area contributed by atoms with E-state index in [2.05, 4.69) is 10.4 Å². The van der Waals surface area contributed by atoms with Crippen LogP contribution in [0.2, 0.25) is 0 Å². The van der Waals surface area contributed by atoms with Crippen molar-refractivity contribution in [2.75, 3.05) is 18.4 Å². The van der Waals surface area contributed by atoms with E-state index in [1.807, 2.05) is 0 Å². The third kappa shape index (κ3) is 5.14. The zero-order chi connectivity index (χ0) is 25.9. The number of hydrogen-bond acceptors (Lipinski definition) is 3. The van der Waals surface area contributed by atoms with Gasteiger partial charge in [0.2, 0.25) is 5.91 Å². The number of carbonyl (C=O) groups excluding carboxylic acids is 2. The van der Waals surface area contributed by atoms with Gasteiger partial charge < -0.3 is 14.8 Å². The maximum atomic E-state index is 13.4. The minimum Gasteiger partial charge on any atom is -0.329 e. The van der Waals surface area contributed by atoms with Gasteiger partial charge in [-0.15, -0.1) is 0 Å². The van der Waals surface area contributed by atoms with Crippen molar-refractivity contribution in [3.63, 3.8) is 0 Å². The molecule has 0 atom stereocenters. The molecule has 0 spiro atoms. The summed E-state index contributed by atoms with van der Waals surface area (Å²) in [5.41, 5.74) is -0.719. The average molecular weight is 499 g/mol. The molecule has 7 nitrogen and oxygen atoms in total. The van der Waals surface area contributed by atoms with Crippen LogP contribution in [0, 0.1) is 5.82 Å². The van der Waals surface area contributed by atoms with Gasteiger partial charge in [0.15, 0.2) is 5.82 Å². The summed E-state index contributed by atoms with van der Waals surface area (Å²) < 4.78 is 56.4. The van der Waals surface area contributed by atoms with Gasteiger partial charge in [0.25, 0.3) is 5.91 Å². The van der Waals surface area contributed by atoms with Gasteiger partial charge in [-0.3, -0.25) is 9.59 Å². The number of hydrogen-bond donors (Lipinski definition) is 1. The Kier molecular flexibility index (Phi) is 6.91. The highest BCUT2D eigenvalue weighted by atomic mass is 19.4. The van der Waals surface area contributed by atoms with E-state index in [1.165, 1.54) is 52.2 Å². The van der Waals surface area contributed by atoms with Gasteiger partial charge in [-0.2, -0.15) is 18.3 Å². The molecule has 0 aliphatic rings. The summed E-state index contributed by atoms with van der Waals surface area (Å²) in [5, 5.41) is 6.55. The molecular formula is C25H21F4N5O2. The third-order valence-corrected chi connectivity index (χ3v) is 5.40. The Morgan fingerprint density at radius 1 is 1.00 bits per heavy atom. The Morgan fingerprint density at radius 3 is 2.31 bits per heavy atom. The van der Waals surface area contributed by atoms with Crippen molar-refractivity contribution >= 4 is 17.5 Å². The number of carbonyl (C=O) groups is 2. The van der Waals surface area contributed by atoms with Crippen molar-refractivity contribution < 1.29 is 27.2 Å². The quantitative estimate of drug-likeness (QED) is 0.367. The molecular weight excluding hydrogens is 478 g/mol. The van der Waals surface area contributed by atoms with Crippen LogP contribution >= 0.6 is 0 Å². The Labute approximate surface area is 203 Å². The second kappa shape index (κ2) is 10.1. The lowest BCUT2D eigenvalue weighted by Crippen LogP contribution is -2.38. The first-order chi connectivity index (χ1) is 17.2. The lowest BCUT2D eigenvalue weighted by Gasteiger charge is -2.21. The van der Waals surface area contributed by atoms with Gasteiger partial charge in [0.1, 0.15) is 17.9 Å². The predicted octanol–water partition coefficient (Wildman–Crippen LogP) is 4.92. The Balaban J connectivity index is 1.61. The second-order valence-electron chi connectivity index (χ2n) is 7.77. The van der Waals surface area contributed by atoms with Gasteiger partial charge in [-0.1, -0.05) is 12.1 Å². The van der Waals surface area contributed by atoms with E-state index in [0.717, 1.165) is 12.1 Å². The topological polar surface area (TPSA) is 72.2 Å². The molecule has 11 heteroatoms. The van der Waals surface area contributed by atoms with E-state index in [4.69, 9.17) is 0 Å². The van der Waals surface area contributed by atoms with Gasteiger partial charge in [0, 0.05) is 18.9 Å². The monoisotopic (exact) mass is 499 g/mol. The minimum atomic E-state index is -4.65. The van der Waals surface area contributed by atoms with E-state index >= 15 is 0 Å². The first-order valence-corrected chi connectivity index (χ1v) is 10.9. The molecule has 0 saturated carbocycles. The Morgan fingerprint density at radius 2 is 1.67 bits per heavy atom. The average Bonchev–Trinajstić information content (AvgIpc) is 3.52. The molecule has 4 rings (SSSR count). The molecule has 0 bridgehead atoms. The molecule has 0 aliphatic heterocycles. The Bertz CT molecular complexity index is 1360. The van der Waals surface area contributed by atoms with Crippen LogP contribution in [-0.4, -0.2) is 44.2 Å². The molecule has 2 aromatic carbocycles. The van der Waals surface area contributed by atoms with Gasteiger partial charge in [-0.25, -0.2) is 9.07 Å². The normalized spacial score (nSPS) is 11.4. The highest BCUT2D eigenvalue weighted by molar-refractivity contribution is 6.01. The Hall–Kier alpha value is -4.41. The first kappa shape index (κ1) is 24.7. The third-order valence-electron chi connectivity index (χ3n) is 5.40. The molecule has 0 unspecified atom stereocenters. The highest BCUT2D eigenvalue weighted by Crippen LogP contribution is 2.34. The van der Waals surface area contributed by atoms with Crippen LogP contribution in [-0.2, 0) is 11.0 Å². The number of amides is 2. The van der Waals surface area contributed by atoms with Crippen molar-refractivity contribution in [3.8, 4) is 11.5 Å². The smallest absolute Gasteiger partial charge is 0.329 e. The van der Waals surface area contributed by atoms with E-state index < -0.39 is 41.6 Å². The van der Waals surface area contributed by atoms with Crippen molar-refractivity contribution in [1.29, 1.82) is 0 Å². The molecule has 2 heterocycles. The molecule has 0 fully saturated rings. The molecule has 186 valence electrons. The van der Waals surface area contributed by atoms with Gasteiger partial charge >= 0.3 is 6.18 Å². The molecule has 4 aromatic rings. The second-order valence-corrected chi connectivity index (χ2v) is 7.77. The fourth-order valence-electron chi connectivity index (χ4n) is 3.69. The van der Waals surface area contributed by atoms with Gasteiger partial charge in [-0.05, 0) is 55.5 Å². The summed E-state index contributed by atoms with van der Waals surface area (Å²) in [6.07, 6.45) is 0.0844. The summed E-state index contributed by atoms with van der Waals surface area (Å²) in [5.74, 6) is -1.40. The number of nitrogens with one attached hydrogen (secondary N) is 1. The van der Waals surface area contributed by atoms with Crippen molar-refractivity contribution in [2.45, 2.75) is 13.1 Å². The van der Waals surface area contributed by atoms with Crippen LogP contribution in [0.4, 0.5) is 23.2 Å². The number of anilines is 1. The first-order valence-electron chi connectivity index (χ1n) is 10.9. The van der Waals surface area contributed by atoms with Crippen molar-refractivity contribution in [2.24, 2.45) is 0 Å². The van der Waals surface area contributed by atoms with Crippen LogP contribution in [0.1, 0.15) is 22.8 Å². The van der Waals surface area contributed by atoms with Crippen LogP contribution in [0.25, 0.3) is 11.5 Å². The van der Waals surface area contributed by atoms with Crippen molar-refractivity contribution in [1.82, 2.24) is 19.2 Å². The molecule has 36 heavy (non-hydrogen) atoms. The number of benzene rings is 2. The standard InChI is InChI=1S/C25H21F4N5O2/c1-2-32(16-22(35)31-21-8-4-3-7-20(21)25(27,28)29)24(36)19-15-30-34(18-11-9-17(26)10-12-18)23(19)33-13-5-6-14-33/h3-15H,2,16H2,1H3,(H,31,35). The number of likely N-dealkylation sites (N-methyl/N-ethyl adjacent to an activating group) is 1. The summed E-state index contributed by atoms with van der Waals surface area (Å²) in [7, 11) is 0. The zero-order valence-corrected chi connectivity index (χ0v) is 19.0. The number of nitrogens with zero attached hydrogens (tertiary/aromatic N) is 4. The molecule has 2 aromatic heterocycles. The number of para-hydroxylation sites is 1. The predicted molar refractivity (Wildman–Crippen MR) is 125 cm³/mol. The number of halogens is 4. The maximum absolute atomic E-state index is 13.4. The van der Waals surface area contributed by atoms with Gasteiger partial charge in [0.05, 0.1) is 23.1 Å². The maximum Gasteiger partial charge on any atom is 0.418 e. The SMILES string of the molecule is CCN(CC(=O)Nc1ccccc1C(F)(F)F)C(=O)c1cnn(-c2ccc(F)cc2)c1-n1cccc1.